The van der Waals surface area contributed by atoms with Crippen LogP contribution in [0.3, 0.4) is 0 Å². The van der Waals surface area contributed by atoms with Crippen LogP contribution in [0.4, 0.5) is 0 Å². The third-order valence-corrected chi connectivity index (χ3v) is 4.61. The van der Waals surface area contributed by atoms with Gasteiger partial charge in [-0.3, -0.25) is 4.79 Å². The summed E-state index contributed by atoms with van der Waals surface area (Å²) in [4.78, 5) is 10.2. The van der Waals surface area contributed by atoms with E-state index in [4.69, 9.17) is 5.11 Å². The maximum atomic E-state index is 10.2. The van der Waals surface area contributed by atoms with Crippen molar-refractivity contribution in [3.05, 3.63) is 0 Å². The molecule has 3 heteroatoms. The fraction of sp³-hybridized carbons (Fsp3) is 0.955. The summed E-state index contributed by atoms with van der Waals surface area (Å²) < 4.78 is 1.38. The molecule has 0 aliphatic carbocycles. The molecule has 0 aliphatic heterocycles. The summed E-state index contributed by atoms with van der Waals surface area (Å²) in [6, 6.07) is 0. The molecule has 0 aliphatic rings. The van der Waals surface area contributed by atoms with E-state index in [1.54, 1.807) is 0 Å². The van der Waals surface area contributed by atoms with E-state index in [1.165, 1.54) is 62.8 Å². The lowest BCUT2D eigenvalue weighted by atomic mass is 9.89. The van der Waals surface area contributed by atoms with Crippen LogP contribution in [-0.2, 0) is 4.79 Å². The molecule has 0 amide bonds. The molecule has 0 aromatic carbocycles. The second-order valence-electron chi connectivity index (χ2n) is 8.75. The summed E-state index contributed by atoms with van der Waals surface area (Å²) >= 11 is 0. The van der Waals surface area contributed by atoms with Gasteiger partial charge >= 0.3 is 5.97 Å². The van der Waals surface area contributed by atoms with Crippen molar-refractivity contribution in [2.45, 2.75) is 106 Å². The zero-order valence-corrected chi connectivity index (χ0v) is 18.5. The maximum absolute atomic E-state index is 10.2. The Labute approximate surface area is 158 Å². The molecule has 25 heavy (non-hydrogen) atoms. The van der Waals surface area contributed by atoms with Crippen LogP contribution >= 0.6 is 0 Å². The molecule has 0 spiro atoms. The zero-order valence-electron chi connectivity index (χ0n) is 18.5. The van der Waals surface area contributed by atoms with E-state index in [1.807, 2.05) is 0 Å². The Kier molecular flexibility index (Phi) is 16.7. The minimum absolute atomic E-state index is 0.324. The van der Waals surface area contributed by atoms with Gasteiger partial charge < -0.3 is 9.59 Å². The highest BCUT2D eigenvalue weighted by atomic mass is 16.4. The van der Waals surface area contributed by atoms with Gasteiger partial charge in [0.05, 0.1) is 26.2 Å². The monoisotopic (exact) mass is 358 g/mol. The molecule has 0 saturated heterocycles. The average molecular weight is 359 g/mol. The van der Waals surface area contributed by atoms with E-state index in [0.29, 0.717) is 11.8 Å². The third kappa shape index (κ3) is 18.0. The van der Waals surface area contributed by atoms with Crippen molar-refractivity contribution < 1.29 is 14.4 Å². The smallest absolute Gasteiger partial charge is 0.303 e. The number of aliphatic carboxylic acids is 1. The first kappa shape index (κ1) is 26.7. The SMILES string of the molecule is CC(C)(C)CCCCCC(=O)O.CCC[N+](CCC)(CCC)CCC. The summed E-state index contributed by atoms with van der Waals surface area (Å²) in [5.74, 6) is -0.675. The van der Waals surface area contributed by atoms with Gasteiger partial charge in [-0.05, 0) is 43.9 Å². The number of carboxylic acid groups (broad SMARTS) is 1. The minimum Gasteiger partial charge on any atom is -0.481 e. The van der Waals surface area contributed by atoms with E-state index >= 15 is 0 Å². The predicted octanol–water partition coefficient (Wildman–Crippen LogP) is 6.51. The number of quaternary nitrogens is 1. The van der Waals surface area contributed by atoms with Gasteiger partial charge in [0.1, 0.15) is 0 Å². The highest BCUT2D eigenvalue weighted by molar-refractivity contribution is 5.66. The Balaban J connectivity index is 0. The Bertz CT molecular complexity index is 278. The molecule has 0 rings (SSSR count). The van der Waals surface area contributed by atoms with Crippen molar-refractivity contribution in [1.82, 2.24) is 0 Å². The zero-order chi connectivity index (χ0) is 19.8. The van der Waals surface area contributed by atoms with Gasteiger partial charge in [0.2, 0.25) is 0 Å². The van der Waals surface area contributed by atoms with Gasteiger partial charge in [0.25, 0.3) is 0 Å². The predicted molar refractivity (Wildman–Crippen MR) is 111 cm³/mol. The first-order valence-electron chi connectivity index (χ1n) is 10.7. The number of hydrogen-bond acceptors (Lipinski definition) is 1. The highest BCUT2D eigenvalue weighted by Gasteiger charge is 2.22. The number of nitrogens with zero attached hydrogens (tertiary/aromatic N) is 1. The molecule has 0 radical (unpaired) electrons. The second-order valence-corrected chi connectivity index (χ2v) is 8.75. The average Bonchev–Trinajstić information content (AvgIpc) is 2.47. The molecule has 0 heterocycles. The molecule has 0 saturated carbocycles. The normalized spacial score (nSPS) is 11.8. The summed E-state index contributed by atoms with van der Waals surface area (Å²) in [6.07, 6.45) is 9.86. The van der Waals surface area contributed by atoms with E-state index in [9.17, 15) is 4.79 Å². The number of unbranched alkanes of at least 4 members (excludes halogenated alkanes) is 2. The van der Waals surface area contributed by atoms with Crippen LogP contribution in [0.15, 0.2) is 0 Å². The molecule has 0 fully saturated rings. The van der Waals surface area contributed by atoms with Crippen LogP contribution < -0.4 is 0 Å². The number of carbonyl (C=O) groups is 1. The highest BCUT2D eigenvalue weighted by Crippen LogP contribution is 2.22. The molecule has 0 atom stereocenters. The molecule has 3 nitrogen and oxygen atoms in total. The molecule has 1 N–H and O–H groups in total. The molecule has 0 aromatic rings. The van der Waals surface area contributed by atoms with Crippen molar-refractivity contribution >= 4 is 5.97 Å². The lowest BCUT2D eigenvalue weighted by Crippen LogP contribution is -2.50. The lowest BCUT2D eigenvalue weighted by Gasteiger charge is -2.38. The number of carboxylic acids is 1. The Morgan fingerprint density at radius 3 is 1.44 bits per heavy atom. The van der Waals surface area contributed by atoms with Crippen molar-refractivity contribution in [2.75, 3.05) is 26.2 Å². The van der Waals surface area contributed by atoms with E-state index in [0.717, 1.165) is 19.3 Å². The fourth-order valence-corrected chi connectivity index (χ4v) is 3.68. The van der Waals surface area contributed by atoms with Gasteiger partial charge in [-0.15, -0.1) is 0 Å². The topological polar surface area (TPSA) is 37.3 Å². The molecule has 0 bridgehead atoms. The van der Waals surface area contributed by atoms with Gasteiger partial charge in [0, 0.05) is 6.42 Å². The summed E-state index contributed by atoms with van der Waals surface area (Å²) in [5.41, 5.74) is 0.392. The van der Waals surface area contributed by atoms with Gasteiger partial charge in [-0.25, -0.2) is 0 Å². The van der Waals surface area contributed by atoms with Crippen LogP contribution in [0.1, 0.15) is 106 Å². The fourth-order valence-electron chi connectivity index (χ4n) is 3.68. The Morgan fingerprint density at radius 1 is 0.760 bits per heavy atom. The van der Waals surface area contributed by atoms with E-state index in [2.05, 4.69) is 48.5 Å². The molecular weight excluding hydrogens is 310 g/mol. The second kappa shape index (κ2) is 15.7. The first-order valence-corrected chi connectivity index (χ1v) is 10.7. The van der Waals surface area contributed by atoms with Crippen LogP contribution in [0.5, 0.6) is 0 Å². The van der Waals surface area contributed by atoms with E-state index < -0.39 is 5.97 Å². The third-order valence-electron chi connectivity index (χ3n) is 4.61. The quantitative estimate of drug-likeness (QED) is 0.301. The maximum Gasteiger partial charge on any atom is 0.303 e. The summed E-state index contributed by atoms with van der Waals surface area (Å²) in [7, 11) is 0. The number of rotatable bonds is 13. The number of hydrogen-bond donors (Lipinski definition) is 1. The van der Waals surface area contributed by atoms with Crippen molar-refractivity contribution in [3.63, 3.8) is 0 Å². The van der Waals surface area contributed by atoms with Gasteiger partial charge in [-0.1, -0.05) is 61.3 Å². The standard InChI is InChI=1S/C12H28N.C10H20O2/c1-5-9-13(10-6-2,11-7-3)12-8-4;1-10(2,3)8-6-4-5-7-9(11)12/h5-12H2,1-4H3;4-8H2,1-3H3,(H,11,12)/q+1;. The first-order chi connectivity index (χ1) is 11.7. The largest absolute Gasteiger partial charge is 0.481 e. The molecule has 152 valence electrons. The molecule has 0 unspecified atom stereocenters. The van der Waals surface area contributed by atoms with E-state index in [-0.39, 0.29) is 0 Å². The molecular formula is C22H48NO2+. The van der Waals surface area contributed by atoms with Crippen LogP contribution in [0, 0.1) is 5.41 Å². The Morgan fingerprint density at radius 2 is 1.16 bits per heavy atom. The van der Waals surface area contributed by atoms with Crippen molar-refractivity contribution in [2.24, 2.45) is 5.41 Å². The summed E-state index contributed by atoms with van der Waals surface area (Å²) in [5, 5.41) is 8.37. The van der Waals surface area contributed by atoms with Crippen LogP contribution in [0.2, 0.25) is 0 Å². The Hall–Kier alpha value is -0.570. The van der Waals surface area contributed by atoms with Gasteiger partial charge in [-0.2, -0.15) is 0 Å². The summed E-state index contributed by atoms with van der Waals surface area (Å²) in [6.45, 7) is 21.4. The van der Waals surface area contributed by atoms with Crippen molar-refractivity contribution in [1.29, 1.82) is 0 Å². The van der Waals surface area contributed by atoms with Gasteiger partial charge in [0.15, 0.2) is 0 Å². The van der Waals surface area contributed by atoms with Crippen molar-refractivity contribution in [3.8, 4) is 0 Å². The molecule has 0 aromatic heterocycles. The van der Waals surface area contributed by atoms with Crippen LogP contribution in [0.25, 0.3) is 0 Å². The minimum atomic E-state index is -0.675. The van der Waals surface area contributed by atoms with Crippen LogP contribution in [-0.4, -0.2) is 41.7 Å². The lowest BCUT2D eigenvalue weighted by molar-refractivity contribution is -0.928.